The van der Waals surface area contributed by atoms with E-state index in [-0.39, 0.29) is 0 Å². The summed E-state index contributed by atoms with van der Waals surface area (Å²) in [7, 11) is 0. The minimum absolute atomic E-state index is 0.840. The molecule has 0 heterocycles. The molecule has 0 spiro atoms. The second-order valence-corrected chi connectivity index (χ2v) is 14.8. The SMILES string of the molecule is CC.CC.CC1CCCCC1.CCCCC(C)C1CCC(C)C2=C1C(C1CCC(C)C3=C1C(C)CCC3C)CCC2. The van der Waals surface area contributed by atoms with E-state index in [0.29, 0.717) is 0 Å². The van der Waals surface area contributed by atoms with Gasteiger partial charge < -0.3 is 0 Å². The number of hydrogen-bond acceptors (Lipinski definition) is 0. The Morgan fingerprint density at radius 2 is 1.10 bits per heavy atom. The van der Waals surface area contributed by atoms with Crippen molar-refractivity contribution in [3.8, 4) is 0 Å². The molecule has 0 heteroatoms. The first kappa shape index (κ1) is 36.7. The van der Waals surface area contributed by atoms with Gasteiger partial charge in [0.25, 0.3) is 0 Å². The lowest BCUT2D eigenvalue weighted by Crippen LogP contribution is -2.38. The molecule has 0 saturated heterocycles. The molecule has 0 aromatic rings. The van der Waals surface area contributed by atoms with Gasteiger partial charge in [-0.15, -0.1) is 0 Å². The molecule has 0 radical (unpaired) electrons. The first-order chi connectivity index (χ1) is 19.8. The maximum Gasteiger partial charge on any atom is -0.0132 e. The molecule has 0 bridgehead atoms. The fourth-order valence-electron chi connectivity index (χ4n) is 9.78. The smallest absolute Gasteiger partial charge is 0.0132 e. The molecule has 41 heavy (non-hydrogen) atoms. The van der Waals surface area contributed by atoms with Crippen molar-refractivity contribution in [3.63, 3.8) is 0 Å². The van der Waals surface area contributed by atoms with Crippen molar-refractivity contribution in [2.24, 2.45) is 53.3 Å². The zero-order valence-corrected chi connectivity index (χ0v) is 30.2. The van der Waals surface area contributed by atoms with Crippen LogP contribution < -0.4 is 0 Å². The topological polar surface area (TPSA) is 0 Å². The van der Waals surface area contributed by atoms with Crippen LogP contribution in [0.25, 0.3) is 0 Å². The Morgan fingerprint density at radius 3 is 1.66 bits per heavy atom. The Balaban J connectivity index is 0.000000456. The number of allylic oxidation sites excluding steroid dienone is 4. The fraction of sp³-hybridized carbons (Fsp3) is 0.902. The molecular formula is C41H76. The van der Waals surface area contributed by atoms with Crippen LogP contribution in [0.5, 0.6) is 0 Å². The van der Waals surface area contributed by atoms with Gasteiger partial charge in [0.15, 0.2) is 0 Å². The molecule has 8 atom stereocenters. The van der Waals surface area contributed by atoms with Gasteiger partial charge in [0.1, 0.15) is 0 Å². The Labute approximate surface area is 260 Å². The zero-order valence-electron chi connectivity index (χ0n) is 30.2. The van der Waals surface area contributed by atoms with Gasteiger partial charge in [0.05, 0.1) is 0 Å². The van der Waals surface area contributed by atoms with Crippen LogP contribution >= 0.6 is 0 Å². The lowest BCUT2D eigenvalue weighted by molar-refractivity contribution is 0.206. The molecule has 5 rings (SSSR count). The van der Waals surface area contributed by atoms with E-state index in [4.69, 9.17) is 0 Å². The molecule has 5 aliphatic carbocycles. The van der Waals surface area contributed by atoms with Crippen LogP contribution in [0.2, 0.25) is 0 Å². The maximum absolute atomic E-state index is 2.60. The van der Waals surface area contributed by atoms with Crippen molar-refractivity contribution in [2.45, 2.75) is 185 Å². The fourth-order valence-corrected chi connectivity index (χ4v) is 9.78. The molecule has 0 aromatic carbocycles. The van der Waals surface area contributed by atoms with Crippen LogP contribution in [0.1, 0.15) is 185 Å². The minimum atomic E-state index is 0.840. The van der Waals surface area contributed by atoms with E-state index in [1.807, 2.05) is 50.0 Å². The van der Waals surface area contributed by atoms with Crippen LogP contribution in [0, 0.1) is 53.3 Å². The quantitative estimate of drug-likeness (QED) is 0.289. The lowest BCUT2D eigenvalue weighted by atomic mass is 9.55. The monoisotopic (exact) mass is 569 g/mol. The van der Waals surface area contributed by atoms with Crippen molar-refractivity contribution >= 4 is 0 Å². The predicted molar refractivity (Wildman–Crippen MR) is 186 cm³/mol. The molecule has 0 N–H and O–H groups in total. The highest BCUT2D eigenvalue weighted by Crippen LogP contribution is 2.56. The summed E-state index contributed by atoms with van der Waals surface area (Å²) in [5, 5.41) is 0. The summed E-state index contributed by atoms with van der Waals surface area (Å²) in [6, 6.07) is 0. The number of unbranched alkanes of at least 4 members (excludes halogenated alkanes) is 1. The Bertz CT molecular complexity index is 770. The Morgan fingerprint density at radius 1 is 0.561 bits per heavy atom. The zero-order chi connectivity index (χ0) is 30.5. The molecular weight excluding hydrogens is 492 g/mol. The third kappa shape index (κ3) is 9.48. The van der Waals surface area contributed by atoms with Crippen LogP contribution in [0.15, 0.2) is 22.3 Å². The van der Waals surface area contributed by atoms with Crippen molar-refractivity contribution in [1.82, 2.24) is 0 Å². The molecule has 0 aromatic heterocycles. The van der Waals surface area contributed by atoms with Crippen LogP contribution in [-0.2, 0) is 0 Å². The first-order valence-electron chi connectivity index (χ1n) is 19.3. The third-order valence-corrected chi connectivity index (χ3v) is 12.0. The van der Waals surface area contributed by atoms with Gasteiger partial charge in [0, 0.05) is 0 Å². The lowest BCUT2D eigenvalue weighted by Gasteiger charge is -2.50. The molecule has 0 aliphatic heterocycles. The van der Waals surface area contributed by atoms with E-state index in [1.54, 1.807) is 0 Å². The van der Waals surface area contributed by atoms with E-state index in [1.165, 1.54) is 109 Å². The molecule has 240 valence electrons. The van der Waals surface area contributed by atoms with Crippen molar-refractivity contribution < 1.29 is 0 Å². The second-order valence-electron chi connectivity index (χ2n) is 14.8. The maximum atomic E-state index is 2.60. The molecule has 8 unspecified atom stereocenters. The van der Waals surface area contributed by atoms with Crippen LogP contribution in [0.4, 0.5) is 0 Å². The van der Waals surface area contributed by atoms with Gasteiger partial charge in [0.2, 0.25) is 0 Å². The molecule has 0 amide bonds. The molecule has 0 nitrogen and oxygen atoms in total. The minimum Gasteiger partial charge on any atom is -0.0683 e. The van der Waals surface area contributed by atoms with Crippen LogP contribution in [-0.4, -0.2) is 0 Å². The van der Waals surface area contributed by atoms with E-state index >= 15 is 0 Å². The van der Waals surface area contributed by atoms with Gasteiger partial charge in [-0.25, -0.2) is 0 Å². The normalized spacial score (nSPS) is 34.5. The average Bonchev–Trinajstić information content (AvgIpc) is 3.00. The van der Waals surface area contributed by atoms with Crippen molar-refractivity contribution in [1.29, 1.82) is 0 Å². The van der Waals surface area contributed by atoms with Gasteiger partial charge >= 0.3 is 0 Å². The number of hydrogen-bond donors (Lipinski definition) is 0. The summed E-state index contributed by atoms with van der Waals surface area (Å²) in [5.74, 6) is 7.97. The van der Waals surface area contributed by atoms with Crippen molar-refractivity contribution in [2.75, 3.05) is 0 Å². The van der Waals surface area contributed by atoms with E-state index in [2.05, 4.69) is 48.5 Å². The van der Waals surface area contributed by atoms with Gasteiger partial charge in [-0.3, -0.25) is 0 Å². The Hall–Kier alpha value is -0.520. The molecule has 1 fully saturated rings. The summed E-state index contributed by atoms with van der Waals surface area (Å²) in [4.78, 5) is 0. The first-order valence-corrected chi connectivity index (χ1v) is 19.3. The number of rotatable bonds is 5. The summed E-state index contributed by atoms with van der Waals surface area (Å²) in [6.07, 6.45) is 24.8. The highest BCUT2D eigenvalue weighted by atomic mass is 14.5. The molecule has 1 saturated carbocycles. The predicted octanol–water partition coefficient (Wildman–Crippen LogP) is 14.0. The van der Waals surface area contributed by atoms with E-state index in [9.17, 15) is 0 Å². The van der Waals surface area contributed by atoms with E-state index < -0.39 is 0 Å². The summed E-state index contributed by atoms with van der Waals surface area (Å²) in [5.41, 5.74) is 7.88. The van der Waals surface area contributed by atoms with Gasteiger partial charge in [-0.1, -0.05) is 150 Å². The van der Waals surface area contributed by atoms with Crippen LogP contribution in [0.3, 0.4) is 0 Å². The third-order valence-electron chi connectivity index (χ3n) is 12.0. The summed E-state index contributed by atoms with van der Waals surface area (Å²) < 4.78 is 0. The summed E-state index contributed by atoms with van der Waals surface area (Å²) in [6.45, 7) is 25.6. The second kappa shape index (κ2) is 19.0. The van der Waals surface area contributed by atoms with Gasteiger partial charge in [-0.2, -0.15) is 0 Å². The van der Waals surface area contributed by atoms with E-state index in [0.717, 1.165) is 53.3 Å². The highest BCUT2D eigenvalue weighted by molar-refractivity contribution is 5.35. The standard InChI is InChI=1S/C30H50.C7H14.2C2H6/c1-7-8-10-19(2)25-17-15-20(3)24-11-9-12-26(30(24)25)27-18-16-22(5)28-21(4)13-14-23(6)29(27)28;1-7-5-3-2-4-6-7;2*1-2/h19-23,25-27H,7-18H2,1-6H3;7H,2-6H2,1H3;2*1-2H3. The highest BCUT2D eigenvalue weighted by Gasteiger charge is 2.44. The average molecular weight is 569 g/mol. The van der Waals surface area contributed by atoms with Crippen molar-refractivity contribution in [3.05, 3.63) is 22.3 Å². The largest absolute Gasteiger partial charge is 0.0683 e. The Kier molecular flexibility index (Phi) is 17.0. The molecule has 5 aliphatic rings. The summed E-state index contributed by atoms with van der Waals surface area (Å²) >= 11 is 0. The van der Waals surface area contributed by atoms with Gasteiger partial charge in [-0.05, 0) is 111 Å².